The van der Waals surface area contributed by atoms with E-state index in [-0.39, 0.29) is 0 Å². The second kappa shape index (κ2) is 4.17. The van der Waals surface area contributed by atoms with Crippen molar-refractivity contribution in [3.63, 3.8) is 0 Å². The minimum atomic E-state index is -0.871. The number of fused-ring (bicyclic) bond motifs is 6. The van der Waals surface area contributed by atoms with Gasteiger partial charge in [-0.1, -0.05) is 60.7 Å². The topological polar surface area (TPSA) is 40.5 Å². The molecule has 2 atom stereocenters. The van der Waals surface area contributed by atoms with Gasteiger partial charge in [0.25, 0.3) is 0 Å². The van der Waals surface area contributed by atoms with Crippen molar-refractivity contribution in [1.29, 1.82) is 0 Å². The molecule has 1 aliphatic rings. The summed E-state index contributed by atoms with van der Waals surface area (Å²) in [5.41, 5.74) is 1.84. The molecule has 0 spiro atoms. The highest BCUT2D eigenvalue weighted by atomic mass is 16.3. The van der Waals surface area contributed by atoms with Crippen LogP contribution in [0.25, 0.3) is 27.6 Å². The van der Waals surface area contributed by atoms with E-state index < -0.39 is 12.2 Å². The van der Waals surface area contributed by atoms with E-state index in [0.717, 1.165) is 27.3 Å². The van der Waals surface area contributed by atoms with Crippen LogP contribution in [0.2, 0.25) is 0 Å². The molecule has 4 rings (SSSR count). The second-order valence-electron chi connectivity index (χ2n) is 5.21. The molecule has 0 radical (unpaired) electrons. The van der Waals surface area contributed by atoms with Gasteiger partial charge in [0.2, 0.25) is 0 Å². The predicted octanol–water partition coefficient (Wildman–Crippen LogP) is 3.41. The molecule has 3 aromatic rings. The summed E-state index contributed by atoms with van der Waals surface area (Å²) >= 11 is 0. The SMILES string of the molecule is O[C@@H]1c2c(c3ccccc3c3ccccc23)C=C[C@@H]1O. The van der Waals surface area contributed by atoms with Crippen LogP contribution in [0.4, 0.5) is 0 Å². The Labute approximate surface area is 116 Å². The average Bonchev–Trinajstić information content (AvgIpc) is 2.50. The molecule has 3 aromatic carbocycles. The Morgan fingerprint density at radius 1 is 0.700 bits per heavy atom. The molecule has 0 saturated heterocycles. The van der Waals surface area contributed by atoms with Gasteiger partial charge >= 0.3 is 0 Å². The lowest BCUT2D eigenvalue weighted by Gasteiger charge is -2.25. The first-order chi connectivity index (χ1) is 9.77. The van der Waals surface area contributed by atoms with Crippen molar-refractivity contribution >= 4 is 27.6 Å². The highest BCUT2D eigenvalue weighted by Crippen LogP contribution is 2.40. The number of benzene rings is 3. The molecule has 1 aliphatic carbocycles. The van der Waals surface area contributed by atoms with Crippen molar-refractivity contribution in [3.05, 3.63) is 65.7 Å². The molecule has 0 amide bonds. The van der Waals surface area contributed by atoms with E-state index in [1.807, 2.05) is 36.4 Å². The van der Waals surface area contributed by atoms with Crippen molar-refractivity contribution in [3.8, 4) is 0 Å². The maximum absolute atomic E-state index is 10.4. The zero-order valence-electron chi connectivity index (χ0n) is 10.8. The van der Waals surface area contributed by atoms with Crippen LogP contribution in [0.1, 0.15) is 17.2 Å². The van der Waals surface area contributed by atoms with Gasteiger partial charge in [-0.3, -0.25) is 0 Å². The molecule has 2 heteroatoms. The minimum absolute atomic E-state index is 0.828. The average molecular weight is 262 g/mol. The summed E-state index contributed by atoms with van der Waals surface area (Å²) < 4.78 is 0. The Bertz CT molecular complexity index is 849. The first kappa shape index (κ1) is 11.6. The van der Waals surface area contributed by atoms with E-state index in [9.17, 15) is 10.2 Å². The Morgan fingerprint density at radius 2 is 1.25 bits per heavy atom. The smallest absolute Gasteiger partial charge is 0.110 e. The summed E-state index contributed by atoms with van der Waals surface area (Å²) in [6.07, 6.45) is 1.87. The Morgan fingerprint density at radius 3 is 1.95 bits per heavy atom. The molecule has 0 aromatic heterocycles. The third-order valence-electron chi connectivity index (χ3n) is 4.09. The first-order valence-electron chi connectivity index (χ1n) is 6.75. The van der Waals surface area contributed by atoms with Crippen molar-refractivity contribution in [2.45, 2.75) is 12.2 Å². The number of aliphatic hydroxyl groups excluding tert-OH is 2. The first-order valence-corrected chi connectivity index (χ1v) is 6.75. The van der Waals surface area contributed by atoms with E-state index in [1.165, 1.54) is 5.39 Å². The van der Waals surface area contributed by atoms with Gasteiger partial charge in [-0.2, -0.15) is 0 Å². The van der Waals surface area contributed by atoms with E-state index in [2.05, 4.69) is 18.2 Å². The van der Waals surface area contributed by atoms with Crippen LogP contribution in [-0.2, 0) is 0 Å². The van der Waals surface area contributed by atoms with Crippen LogP contribution < -0.4 is 0 Å². The van der Waals surface area contributed by atoms with Crippen molar-refractivity contribution in [1.82, 2.24) is 0 Å². The summed E-state index contributed by atoms with van der Waals surface area (Å²) in [7, 11) is 0. The fourth-order valence-electron chi connectivity index (χ4n) is 3.16. The monoisotopic (exact) mass is 262 g/mol. The summed E-state index contributed by atoms with van der Waals surface area (Å²) in [5, 5.41) is 24.7. The molecule has 0 saturated carbocycles. The predicted molar refractivity (Wildman–Crippen MR) is 81.5 cm³/mol. The van der Waals surface area contributed by atoms with Gasteiger partial charge in [-0.25, -0.2) is 0 Å². The van der Waals surface area contributed by atoms with Crippen LogP contribution in [0, 0.1) is 0 Å². The van der Waals surface area contributed by atoms with Gasteiger partial charge in [0.1, 0.15) is 12.2 Å². The lowest BCUT2D eigenvalue weighted by Crippen LogP contribution is -2.20. The zero-order valence-corrected chi connectivity index (χ0v) is 10.8. The van der Waals surface area contributed by atoms with Crippen LogP contribution in [0.5, 0.6) is 0 Å². The highest BCUT2D eigenvalue weighted by molar-refractivity contribution is 6.13. The molecule has 0 bridgehead atoms. The highest BCUT2D eigenvalue weighted by Gasteiger charge is 2.26. The third-order valence-corrected chi connectivity index (χ3v) is 4.09. The van der Waals surface area contributed by atoms with Crippen molar-refractivity contribution < 1.29 is 10.2 Å². The molecule has 98 valence electrons. The van der Waals surface area contributed by atoms with Gasteiger partial charge in [0.15, 0.2) is 0 Å². The summed E-state index contributed by atoms with van der Waals surface area (Å²) in [6.45, 7) is 0. The van der Waals surface area contributed by atoms with Crippen LogP contribution in [0.3, 0.4) is 0 Å². The minimum Gasteiger partial charge on any atom is -0.386 e. The molecular formula is C18H14O2. The molecule has 0 heterocycles. The number of hydrogen-bond acceptors (Lipinski definition) is 2. The maximum atomic E-state index is 10.4. The Hall–Kier alpha value is -2.16. The molecular weight excluding hydrogens is 248 g/mol. The van der Waals surface area contributed by atoms with E-state index in [0.29, 0.717) is 0 Å². The van der Waals surface area contributed by atoms with Gasteiger partial charge < -0.3 is 10.2 Å². The summed E-state index contributed by atoms with van der Waals surface area (Å²) in [4.78, 5) is 0. The van der Waals surface area contributed by atoms with E-state index in [1.54, 1.807) is 6.08 Å². The lowest BCUT2D eigenvalue weighted by molar-refractivity contribution is 0.0481. The maximum Gasteiger partial charge on any atom is 0.110 e. The molecule has 2 nitrogen and oxygen atoms in total. The summed E-state index contributed by atoms with van der Waals surface area (Å²) in [6, 6.07) is 16.2. The third kappa shape index (κ3) is 1.46. The molecule has 0 aliphatic heterocycles. The lowest BCUT2D eigenvalue weighted by atomic mass is 9.84. The van der Waals surface area contributed by atoms with Crippen LogP contribution in [0.15, 0.2) is 54.6 Å². The van der Waals surface area contributed by atoms with E-state index in [4.69, 9.17) is 0 Å². The number of hydrogen-bond donors (Lipinski definition) is 2. The standard InChI is InChI=1S/C18H14O2/c19-16-10-9-15-13-7-2-1-5-11(13)12-6-3-4-8-14(12)17(15)18(16)20/h1-10,16,18-20H/t16-,18-/m0/s1. The van der Waals surface area contributed by atoms with Gasteiger partial charge in [-0.05, 0) is 32.7 Å². The number of aliphatic hydroxyl groups is 2. The van der Waals surface area contributed by atoms with Crippen molar-refractivity contribution in [2.75, 3.05) is 0 Å². The van der Waals surface area contributed by atoms with Crippen molar-refractivity contribution in [2.24, 2.45) is 0 Å². The van der Waals surface area contributed by atoms with Gasteiger partial charge in [-0.15, -0.1) is 0 Å². The molecule has 20 heavy (non-hydrogen) atoms. The van der Waals surface area contributed by atoms with Crippen LogP contribution in [-0.4, -0.2) is 16.3 Å². The normalized spacial score (nSPS) is 21.3. The second-order valence-corrected chi connectivity index (χ2v) is 5.21. The molecule has 0 fully saturated rings. The molecule has 2 N–H and O–H groups in total. The molecule has 0 unspecified atom stereocenters. The van der Waals surface area contributed by atoms with Gasteiger partial charge in [0.05, 0.1) is 0 Å². The zero-order chi connectivity index (χ0) is 13.7. The fourth-order valence-corrected chi connectivity index (χ4v) is 3.16. The van der Waals surface area contributed by atoms with Crippen LogP contribution >= 0.6 is 0 Å². The largest absolute Gasteiger partial charge is 0.386 e. The quantitative estimate of drug-likeness (QED) is 0.609. The summed E-state index contributed by atoms with van der Waals surface area (Å²) in [5.74, 6) is 0. The Balaban J connectivity index is 2.28. The Kier molecular flexibility index (Phi) is 2.43. The number of rotatable bonds is 0. The van der Waals surface area contributed by atoms with Gasteiger partial charge in [0, 0.05) is 0 Å². The van der Waals surface area contributed by atoms with E-state index >= 15 is 0 Å². The fraction of sp³-hybridized carbons (Fsp3) is 0.111.